The number of aryl methyl sites for hydroxylation is 2. The van der Waals surface area contributed by atoms with E-state index in [2.05, 4.69) is 10.3 Å². The van der Waals surface area contributed by atoms with Gasteiger partial charge in [-0.2, -0.15) is 13.2 Å². The largest absolute Gasteiger partial charge is 0.393 e. The Hall–Kier alpha value is -3.01. The highest BCUT2D eigenvalue weighted by molar-refractivity contribution is 6.36. The number of benzene rings is 2. The molecule has 1 unspecified atom stereocenters. The van der Waals surface area contributed by atoms with E-state index in [1.807, 2.05) is 24.6 Å². The molecule has 0 bridgehead atoms. The Morgan fingerprint density at radius 3 is 2.66 bits per heavy atom. The molecule has 1 atom stereocenters. The summed E-state index contributed by atoms with van der Waals surface area (Å²) < 4.78 is 42.1. The molecule has 0 aliphatic carbocycles. The molecule has 2 aromatic carbocycles. The number of carbonyl (C=O) groups is 1. The van der Waals surface area contributed by atoms with E-state index in [1.54, 1.807) is 41.4 Å². The molecule has 1 fully saturated rings. The van der Waals surface area contributed by atoms with Crippen LogP contribution in [0, 0.1) is 12.8 Å². The number of nitrogens with zero attached hydrogens (tertiary/aromatic N) is 4. The molecule has 0 saturated carbocycles. The topological polar surface area (TPSA) is 63.1 Å². The number of pyridine rings is 1. The van der Waals surface area contributed by atoms with Crippen LogP contribution in [0.25, 0.3) is 11.0 Å². The molecule has 1 aliphatic heterocycles. The Morgan fingerprint density at radius 1 is 1.15 bits per heavy atom. The summed E-state index contributed by atoms with van der Waals surface area (Å²) in [6.07, 6.45) is -1.85. The highest BCUT2D eigenvalue weighted by Gasteiger charge is 2.42. The predicted octanol–water partition coefficient (Wildman–Crippen LogP) is 7.54. The number of carbonyl (C=O) groups excluding carboxylic acids is 1. The molecule has 6 nitrogen and oxygen atoms in total. The Bertz CT molecular complexity index is 1620. The quantitative estimate of drug-likeness (QED) is 0.241. The average molecular weight is 625 g/mol. The van der Waals surface area contributed by atoms with Crippen molar-refractivity contribution in [3.8, 4) is 0 Å². The van der Waals surface area contributed by atoms with Gasteiger partial charge in [-0.3, -0.25) is 9.78 Å². The number of imidazole rings is 1. The minimum absolute atomic E-state index is 0.114. The van der Waals surface area contributed by atoms with Crippen molar-refractivity contribution in [3.05, 3.63) is 85.9 Å². The summed E-state index contributed by atoms with van der Waals surface area (Å²) in [6.45, 7) is 2.35. The van der Waals surface area contributed by atoms with E-state index in [4.69, 9.17) is 39.8 Å². The summed E-state index contributed by atoms with van der Waals surface area (Å²) in [4.78, 5) is 23.2. The van der Waals surface area contributed by atoms with Gasteiger partial charge in [0.2, 0.25) is 0 Å². The highest BCUT2D eigenvalue weighted by Crippen LogP contribution is 2.39. The number of aromatic nitrogens is 3. The van der Waals surface area contributed by atoms with Crippen LogP contribution in [0.1, 0.15) is 45.8 Å². The van der Waals surface area contributed by atoms with Crippen molar-refractivity contribution in [1.82, 2.24) is 19.9 Å². The zero-order chi connectivity index (χ0) is 29.5. The van der Waals surface area contributed by atoms with Gasteiger partial charge in [0.15, 0.2) is 0 Å². The van der Waals surface area contributed by atoms with Gasteiger partial charge in [-0.1, -0.05) is 46.9 Å². The number of fused-ring (bicyclic) bond motifs is 1. The van der Waals surface area contributed by atoms with Crippen LogP contribution in [0.4, 0.5) is 18.9 Å². The van der Waals surface area contributed by atoms with Crippen molar-refractivity contribution < 1.29 is 18.0 Å². The van der Waals surface area contributed by atoms with Gasteiger partial charge in [0.05, 0.1) is 32.7 Å². The maximum Gasteiger partial charge on any atom is 0.393 e. The maximum atomic E-state index is 13.4. The number of rotatable bonds is 6. The third-order valence-corrected chi connectivity index (χ3v) is 8.66. The normalized spacial score (nSPS) is 15.9. The number of hydrogen-bond acceptors (Lipinski definition) is 4. The van der Waals surface area contributed by atoms with Crippen molar-refractivity contribution in [1.29, 1.82) is 0 Å². The summed E-state index contributed by atoms with van der Waals surface area (Å²) in [7, 11) is 1.83. The SMILES string of the molecule is Cc1cccnc1C(=O)NCc1ccc(Cl)c(Cc2nc3cc(Cl)c(N4CCCC(C(F)(F)F)C4)cc3n2C)c1Cl. The van der Waals surface area contributed by atoms with Gasteiger partial charge in [-0.25, -0.2) is 4.98 Å². The average Bonchev–Trinajstić information content (AvgIpc) is 3.23. The Kier molecular flexibility index (Phi) is 8.41. The minimum atomic E-state index is -4.25. The zero-order valence-electron chi connectivity index (χ0n) is 22.3. The number of amides is 1. The first-order valence-corrected chi connectivity index (χ1v) is 14.2. The lowest BCUT2D eigenvalue weighted by Gasteiger charge is -2.35. The van der Waals surface area contributed by atoms with Crippen LogP contribution in [-0.4, -0.2) is 39.7 Å². The second kappa shape index (κ2) is 11.7. The number of hydrogen-bond donors (Lipinski definition) is 1. The fourth-order valence-corrected chi connectivity index (χ4v) is 6.05. The molecule has 1 amide bonds. The molecule has 12 heteroatoms. The van der Waals surface area contributed by atoms with Crippen LogP contribution in [0.15, 0.2) is 42.6 Å². The third-order valence-electron chi connectivity index (χ3n) is 7.53. The number of anilines is 1. The van der Waals surface area contributed by atoms with Gasteiger partial charge in [0.25, 0.3) is 5.91 Å². The smallest absolute Gasteiger partial charge is 0.370 e. The van der Waals surface area contributed by atoms with E-state index in [0.29, 0.717) is 61.9 Å². The number of halogens is 6. The van der Waals surface area contributed by atoms with Crippen LogP contribution >= 0.6 is 34.8 Å². The second-order valence-electron chi connectivity index (χ2n) is 10.2. The summed E-state index contributed by atoms with van der Waals surface area (Å²) >= 11 is 19.9. The van der Waals surface area contributed by atoms with Crippen LogP contribution in [-0.2, 0) is 20.0 Å². The first-order valence-electron chi connectivity index (χ1n) is 13.1. The van der Waals surface area contributed by atoms with Crippen molar-refractivity contribution in [2.45, 2.75) is 38.9 Å². The number of alkyl halides is 3. The van der Waals surface area contributed by atoms with Gasteiger partial charge in [0.1, 0.15) is 11.5 Å². The van der Waals surface area contributed by atoms with E-state index in [9.17, 15) is 18.0 Å². The molecule has 1 aliphatic rings. The van der Waals surface area contributed by atoms with Crippen molar-refractivity contribution in [3.63, 3.8) is 0 Å². The van der Waals surface area contributed by atoms with Crippen LogP contribution in [0.2, 0.25) is 15.1 Å². The van der Waals surface area contributed by atoms with Crippen LogP contribution in [0.5, 0.6) is 0 Å². The van der Waals surface area contributed by atoms with Crippen LogP contribution in [0.3, 0.4) is 0 Å². The zero-order valence-corrected chi connectivity index (χ0v) is 24.6. The predicted molar refractivity (Wildman–Crippen MR) is 156 cm³/mol. The molecule has 1 N–H and O–H groups in total. The van der Waals surface area contributed by atoms with Crippen molar-refractivity contribution in [2.75, 3.05) is 18.0 Å². The fraction of sp³-hybridized carbons (Fsp3) is 0.345. The summed E-state index contributed by atoms with van der Waals surface area (Å²) in [5.74, 6) is -1.05. The molecule has 0 spiro atoms. The lowest BCUT2D eigenvalue weighted by atomic mass is 9.97. The molecular weight excluding hydrogens is 598 g/mol. The Balaban J connectivity index is 1.39. The molecule has 1 saturated heterocycles. The molecule has 216 valence electrons. The molecule has 5 rings (SSSR count). The summed E-state index contributed by atoms with van der Waals surface area (Å²) in [5.41, 5.74) is 4.33. The van der Waals surface area contributed by atoms with Crippen molar-refractivity contribution >= 4 is 57.4 Å². The third kappa shape index (κ3) is 6.12. The molecule has 0 radical (unpaired) electrons. The van der Waals surface area contributed by atoms with E-state index < -0.39 is 12.1 Å². The van der Waals surface area contributed by atoms with E-state index in [0.717, 1.165) is 11.1 Å². The molecule has 41 heavy (non-hydrogen) atoms. The minimum Gasteiger partial charge on any atom is -0.370 e. The molecular formula is C29H27Cl3F3N5O. The Morgan fingerprint density at radius 2 is 1.93 bits per heavy atom. The summed E-state index contributed by atoms with van der Waals surface area (Å²) in [5, 5.41) is 4.06. The van der Waals surface area contributed by atoms with Gasteiger partial charge >= 0.3 is 6.18 Å². The second-order valence-corrected chi connectivity index (χ2v) is 11.4. The van der Waals surface area contributed by atoms with Gasteiger partial charge < -0.3 is 14.8 Å². The van der Waals surface area contributed by atoms with Gasteiger partial charge in [-0.05, 0) is 60.7 Å². The van der Waals surface area contributed by atoms with E-state index in [1.165, 1.54) is 0 Å². The van der Waals surface area contributed by atoms with Gasteiger partial charge in [-0.15, -0.1) is 0 Å². The molecule has 2 aromatic heterocycles. The summed E-state index contributed by atoms with van der Waals surface area (Å²) in [6, 6.07) is 10.5. The standard InChI is InChI=1S/C29H27Cl3F3N5O/c1-16-5-3-9-36-27(16)28(41)37-14-17-7-8-20(30)19(26(17)32)11-25-38-22-12-21(31)23(13-24(22)39(25)2)40-10-4-6-18(15-40)29(33,34)35/h3,5,7-9,12-13,18H,4,6,10-11,14-15H2,1-2H3,(H,37,41). The number of nitrogens with one attached hydrogen (secondary N) is 1. The lowest BCUT2D eigenvalue weighted by molar-refractivity contribution is -0.175. The van der Waals surface area contributed by atoms with Crippen molar-refractivity contribution in [2.24, 2.45) is 13.0 Å². The first-order chi connectivity index (χ1) is 19.4. The molecule has 3 heterocycles. The lowest BCUT2D eigenvalue weighted by Crippen LogP contribution is -2.41. The molecule has 4 aromatic rings. The van der Waals surface area contributed by atoms with E-state index >= 15 is 0 Å². The highest BCUT2D eigenvalue weighted by atomic mass is 35.5. The fourth-order valence-electron chi connectivity index (χ4n) is 5.20. The van der Waals surface area contributed by atoms with E-state index in [-0.39, 0.29) is 31.8 Å². The monoisotopic (exact) mass is 623 g/mol. The maximum absolute atomic E-state index is 13.4. The Labute approximate surface area is 250 Å². The van der Waals surface area contributed by atoms with Crippen LogP contribution < -0.4 is 10.2 Å². The van der Waals surface area contributed by atoms with Gasteiger partial charge in [0, 0.05) is 44.3 Å². The number of piperidine rings is 1. The first kappa shape index (κ1) is 29.5.